The number of carbonyl (C=O) groups is 1. The highest BCUT2D eigenvalue weighted by Crippen LogP contribution is 2.27. The minimum absolute atomic E-state index is 0.114. The third-order valence-corrected chi connectivity index (χ3v) is 6.23. The van der Waals surface area contributed by atoms with Gasteiger partial charge in [-0.3, -0.25) is 9.59 Å². The number of hydrogen-bond donors (Lipinski definition) is 1. The predicted octanol–water partition coefficient (Wildman–Crippen LogP) is 5.31. The van der Waals surface area contributed by atoms with Crippen LogP contribution in [0.3, 0.4) is 0 Å². The molecule has 1 aromatic heterocycles. The number of nitrogens with one attached hydrogen (secondary N) is 1. The van der Waals surface area contributed by atoms with Crippen LogP contribution < -0.4 is 5.56 Å². The lowest BCUT2D eigenvalue weighted by Crippen LogP contribution is -2.32. The minimum atomic E-state index is -0.436. The number of thioether (sulfide) groups is 1. The van der Waals surface area contributed by atoms with Crippen molar-refractivity contribution in [3.8, 4) is 11.3 Å². The van der Waals surface area contributed by atoms with Crippen LogP contribution in [0.15, 0.2) is 46.3 Å². The van der Waals surface area contributed by atoms with Crippen molar-refractivity contribution in [1.29, 1.82) is 0 Å². The van der Waals surface area contributed by atoms with Crippen LogP contribution in [0.5, 0.6) is 0 Å². The lowest BCUT2D eigenvalue weighted by atomic mass is 9.81. The first-order valence-electron chi connectivity index (χ1n) is 10.3. The van der Waals surface area contributed by atoms with Gasteiger partial charge in [0, 0.05) is 17.4 Å². The van der Waals surface area contributed by atoms with E-state index in [4.69, 9.17) is 4.74 Å². The van der Waals surface area contributed by atoms with E-state index >= 15 is 0 Å². The Kier molecular flexibility index (Phi) is 8.96. The zero-order chi connectivity index (χ0) is 21.3. The molecule has 6 heteroatoms. The summed E-state index contributed by atoms with van der Waals surface area (Å²) >= 11 is 1.57. The molecule has 0 saturated carbocycles. The van der Waals surface area contributed by atoms with Gasteiger partial charge in [0.15, 0.2) is 5.16 Å². The normalized spacial score (nSPS) is 11.6. The van der Waals surface area contributed by atoms with Crippen LogP contribution in [0.25, 0.3) is 11.3 Å². The number of H-pyrrole nitrogens is 1. The van der Waals surface area contributed by atoms with Gasteiger partial charge in [-0.15, -0.1) is 0 Å². The third kappa shape index (κ3) is 7.35. The van der Waals surface area contributed by atoms with Gasteiger partial charge in [0.2, 0.25) is 0 Å². The quantitative estimate of drug-likeness (QED) is 0.232. The maximum absolute atomic E-state index is 12.1. The Morgan fingerprint density at radius 2 is 1.83 bits per heavy atom. The van der Waals surface area contributed by atoms with Crippen molar-refractivity contribution in [3.05, 3.63) is 46.8 Å². The Hall–Kier alpha value is -2.08. The summed E-state index contributed by atoms with van der Waals surface area (Å²) in [5.41, 5.74) is 1.07. The van der Waals surface area contributed by atoms with Gasteiger partial charge in [-0.1, -0.05) is 68.8 Å². The maximum atomic E-state index is 12.1. The van der Waals surface area contributed by atoms with E-state index in [1.54, 1.807) is 11.8 Å². The number of ether oxygens (including phenoxy) is 1. The molecule has 2 aromatic rings. The molecule has 0 aliphatic rings. The molecule has 1 N–H and O–H groups in total. The van der Waals surface area contributed by atoms with E-state index in [9.17, 15) is 9.59 Å². The number of unbranched alkanes of at least 4 members (excludes halogenated alkanes) is 3. The average Bonchev–Trinajstić information content (AvgIpc) is 2.69. The molecule has 0 bridgehead atoms. The third-order valence-electron chi connectivity index (χ3n) is 5.27. The minimum Gasteiger partial charge on any atom is -0.465 e. The van der Waals surface area contributed by atoms with E-state index in [1.807, 2.05) is 58.0 Å². The molecule has 0 unspecified atom stereocenters. The van der Waals surface area contributed by atoms with E-state index in [-0.39, 0.29) is 17.4 Å². The number of aromatic amines is 1. The van der Waals surface area contributed by atoms with Crippen molar-refractivity contribution in [2.75, 3.05) is 12.4 Å². The SMILES string of the molecule is CC(C)C(C)(C)C(=O)OCCCCCCSc1nc(-c2ccccc2)cc(=O)[nH]1. The summed E-state index contributed by atoms with van der Waals surface area (Å²) in [5.74, 6) is 1.03. The second kappa shape index (κ2) is 11.2. The zero-order valence-electron chi connectivity index (χ0n) is 17.9. The van der Waals surface area contributed by atoms with Crippen molar-refractivity contribution < 1.29 is 9.53 Å². The smallest absolute Gasteiger partial charge is 0.311 e. The van der Waals surface area contributed by atoms with Gasteiger partial charge in [0.1, 0.15) is 0 Å². The summed E-state index contributed by atoms with van der Waals surface area (Å²) < 4.78 is 5.42. The summed E-state index contributed by atoms with van der Waals surface area (Å²) in [4.78, 5) is 31.4. The van der Waals surface area contributed by atoms with Crippen LogP contribution in [0.2, 0.25) is 0 Å². The molecule has 29 heavy (non-hydrogen) atoms. The van der Waals surface area contributed by atoms with Gasteiger partial charge in [-0.25, -0.2) is 4.98 Å². The molecule has 0 amide bonds. The first-order valence-corrected chi connectivity index (χ1v) is 11.3. The van der Waals surface area contributed by atoms with Crippen LogP contribution in [0.4, 0.5) is 0 Å². The van der Waals surface area contributed by atoms with Gasteiger partial charge in [-0.05, 0) is 32.6 Å². The largest absolute Gasteiger partial charge is 0.465 e. The summed E-state index contributed by atoms with van der Waals surface area (Å²) in [5, 5.41) is 0.654. The molecule has 5 nitrogen and oxygen atoms in total. The van der Waals surface area contributed by atoms with Gasteiger partial charge in [-0.2, -0.15) is 0 Å². The van der Waals surface area contributed by atoms with Gasteiger partial charge in [0.05, 0.1) is 17.7 Å². The molecule has 0 spiro atoms. The lowest BCUT2D eigenvalue weighted by Gasteiger charge is -2.26. The van der Waals surface area contributed by atoms with E-state index in [1.165, 1.54) is 6.07 Å². The molecule has 158 valence electrons. The average molecular weight is 417 g/mol. The number of rotatable bonds is 11. The Morgan fingerprint density at radius 3 is 2.52 bits per heavy atom. The molecule has 0 saturated heterocycles. The fraction of sp³-hybridized carbons (Fsp3) is 0.522. The predicted molar refractivity (Wildman–Crippen MR) is 119 cm³/mol. The van der Waals surface area contributed by atoms with Gasteiger partial charge in [0.25, 0.3) is 5.56 Å². The highest BCUT2D eigenvalue weighted by Gasteiger charge is 2.32. The molecule has 2 rings (SSSR count). The van der Waals surface area contributed by atoms with Crippen LogP contribution in [-0.2, 0) is 9.53 Å². The number of carbonyl (C=O) groups excluding carboxylic acids is 1. The van der Waals surface area contributed by atoms with Crippen molar-refractivity contribution in [2.45, 2.75) is 58.5 Å². The number of hydrogen-bond acceptors (Lipinski definition) is 5. The molecular formula is C23H32N2O3S. The number of benzene rings is 1. The van der Waals surface area contributed by atoms with Crippen molar-refractivity contribution >= 4 is 17.7 Å². The Bertz CT molecular complexity index is 832. The molecule has 1 aromatic carbocycles. The van der Waals surface area contributed by atoms with Crippen molar-refractivity contribution in [1.82, 2.24) is 9.97 Å². The summed E-state index contributed by atoms with van der Waals surface area (Å²) in [7, 11) is 0. The van der Waals surface area contributed by atoms with Crippen molar-refractivity contribution in [3.63, 3.8) is 0 Å². The summed E-state index contributed by atoms with van der Waals surface area (Å²) in [6.45, 7) is 8.42. The lowest BCUT2D eigenvalue weighted by molar-refractivity contribution is -0.156. The molecule has 0 aliphatic carbocycles. The highest BCUT2D eigenvalue weighted by molar-refractivity contribution is 7.99. The fourth-order valence-corrected chi connectivity index (χ4v) is 3.45. The standard InChI is InChI=1S/C23H32N2O3S/c1-17(2)23(3,4)21(27)28-14-10-5-6-11-15-29-22-24-19(16-20(26)25-22)18-12-8-7-9-13-18/h7-9,12-13,16-17H,5-6,10-11,14-15H2,1-4H3,(H,24,25,26). The summed E-state index contributed by atoms with van der Waals surface area (Å²) in [6, 6.07) is 11.2. The monoisotopic (exact) mass is 416 g/mol. The zero-order valence-corrected chi connectivity index (χ0v) is 18.7. The van der Waals surface area contributed by atoms with Gasteiger partial charge >= 0.3 is 5.97 Å². The molecular weight excluding hydrogens is 384 g/mol. The second-order valence-corrected chi connectivity index (χ2v) is 9.16. The Morgan fingerprint density at radius 1 is 1.14 bits per heavy atom. The van der Waals surface area contributed by atoms with Crippen molar-refractivity contribution in [2.24, 2.45) is 11.3 Å². The molecule has 0 fully saturated rings. The molecule has 0 radical (unpaired) electrons. The van der Waals surface area contributed by atoms with E-state index in [2.05, 4.69) is 9.97 Å². The van der Waals surface area contributed by atoms with E-state index in [0.717, 1.165) is 37.0 Å². The first kappa shape index (κ1) is 23.2. The fourth-order valence-electron chi connectivity index (χ4n) is 2.57. The van der Waals surface area contributed by atoms with E-state index < -0.39 is 5.41 Å². The van der Waals surface area contributed by atoms with Crippen LogP contribution in [0, 0.1) is 11.3 Å². The molecule has 0 atom stereocenters. The number of aromatic nitrogens is 2. The van der Waals surface area contributed by atoms with Crippen LogP contribution in [0.1, 0.15) is 53.4 Å². The molecule has 1 heterocycles. The number of esters is 1. The van der Waals surface area contributed by atoms with Crippen LogP contribution in [-0.4, -0.2) is 28.3 Å². The topological polar surface area (TPSA) is 72.0 Å². The molecule has 0 aliphatic heterocycles. The number of nitrogens with zero attached hydrogens (tertiary/aromatic N) is 1. The van der Waals surface area contributed by atoms with Crippen LogP contribution >= 0.6 is 11.8 Å². The Labute approximate surface area is 177 Å². The van der Waals surface area contributed by atoms with Gasteiger partial charge < -0.3 is 9.72 Å². The Balaban J connectivity index is 1.67. The summed E-state index contributed by atoms with van der Waals surface area (Å²) in [6.07, 6.45) is 3.98. The van der Waals surface area contributed by atoms with E-state index in [0.29, 0.717) is 17.5 Å². The second-order valence-electron chi connectivity index (χ2n) is 8.08. The maximum Gasteiger partial charge on any atom is 0.311 e. The highest BCUT2D eigenvalue weighted by atomic mass is 32.2. The first-order chi connectivity index (χ1) is 13.8.